The maximum atomic E-state index is 6.40. The van der Waals surface area contributed by atoms with Crippen molar-refractivity contribution in [2.24, 2.45) is 5.16 Å². The minimum atomic E-state index is 0.340. The fraction of sp³-hybridized carbons (Fsp3) is 0.600. The highest BCUT2D eigenvalue weighted by Gasteiger charge is 1.84. The summed E-state index contributed by atoms with van der Waals surface area (Å²) < 4.78 is 0. The highest BCUT2D eigenvalue weighted by molar-refractivity contribution is 5.88. The summed E-state index contributed by atoms with van der Waals surface area (Å²) in [7, 11) is 0. The molecule has 0 heterocycles. The van der Waals surface area contributed by atoms with Gasteiger partial charge in [-0.2, -0.15) is 0 Å². The second-order valence-corrected chi connectivity index (χ2v) is 1.17. The first-order valence-electron chi connectivity index (χ1n) is 2.35. The van der Waals surface area contributed by atoms with E-state index in [1.165, 1.54) is 0 Å². The van der Waals surface area contributed by atoms with Crippen molar-refractivity contribution in [2.45, 2.75) is 13.8 Å². The molecule has 0 unspecified atom stereocenters. The number of oxime groups is 1. The van der Waals surface area contributed by atoms with Crippen molar-refractivity contribution in [2.75, 3.05) is 6.61 Å². The number of rotatable bonds is 2. The maximum absolute atomic E-state index is 6.40. The van der Waals surface area contributed by atoms with Gasteiger partial charge in [0.05, 0.1) is 5.16 Å². The smallest absolute Gasteiger partial charge is 0.288 e. The van der Waals surface area contributed by atoms with Crippen molar-refractivity contribution in [1.29, 1.82) is 0 Å². The van der Waals surface area contributed by atoms with Crippen LogP contribution in [0, 0.1) is 6.57 Å². The Bertz CT molecular complexity index is 123. The summed E-state index contributed by atoms with van der Waals surface area (Å²) in [6, 6.07) is 0. The number of hydrogen-bond donors (Lipinski definition) is 0. The Hall–Kier alpha value is -1.04. The van der Waals surface area contributed by atoms with Crippen LogP contribution in [0.3, 0.4) is 0 Å². The molecule has 0 atom stereocenters. The van der Waals surface area contributed by atoms with Gasteiger partial charge < -0.3 is 9.68 Å². The van der Waals surface area contributed by atoms with Gasteiger partial charge in [0.2, 0.25) is 0 Å². The minimum Gasteiger partial charge on any atom is -0.361 e. The Kier molecular flexibility index (Phi) is 3.59. The third kappa shape index (κ3) is 3.16. The van der Waals surface area contributed by atoms with Gasteiger partial charge in [-0.15, -0.1) is 0 Å². The van der Waals surface area contributed by atoms with E-state index in [1.807, 2.05) is 6.92 Å². The first-order valence-corrected chi connectivity index (χ1v) is 2.35. The molecule has 44 valence electrons. The molecule has 0 aliphatic heterocycles. The summed E-state index contributed by atoms with van der Waals surface area (Å²) in [5.41, 5.74) is 0. The molecule has 0 fully saturated rings. The first kappa shape index (κ1) is 6.96. The van der Waals surface area contributed by atoms with E-state index >= 15 is 0 Å². The van der Waals surface area contributed by atoms with Gasteiger partial charge in [0.1, 0.15) is 6.61 Å². The lowest BCUT2D eigenvalue weighted by atomic mass is 10.7. The van der Waals surface area contributed by atoms with E-state index in [4.69, 9.17) is 6.57 Å². The van der Waals surface area contributed by atoms with Gasteiger partial charge in [0, 0.05) is 0 Å². The first-order chi connectivity index (χ1) is 3.81. The molecule has 3 nitrogen and oxygen atoms in total. The van der Waals surface area contributed by atoms with E-state index in [0.717, 1.165) is 0 Å². The molecule has 0 aliphatic rings. The van der Waals surface area contributed by atoms with Crippen molar-refractivity contribution < 1.29 is 4.84 Å². The average molecular weight is 112 g/mol. The molecular formula is C5H8N2O. The molecular weight excluding hydrogens is 104 g/mol. The summed E-state index contributed by atoms with van der Waals surface area (Å²) in [4.78, 5) is 7.56. The van der Waals surface area contributed by atoms with Crippen molar-refractivity contribution in [3.05, 3.63) is 11.4 Å². The summed E-state index contributed by atoms with van der Waals surface area (Å²) in [5, 5.41) is 3.42. The summed E-state index contributed by atoms with van der Waals surface area (Å²) in [6.45, 7) is 10.3. The lowest BCUT2D eigenvalue weighted by Gasteiger charge is -1.82. The number of amidine groups is 1. The van der Waals surface area contributed by atoms with Crippen molar-refractivity contribution in [3.8, 4) is 0 Å². The van der Waals surface area contributed by atoms with Crippen molar-refractivity contribution in [3.63, 3.8) is 0 Å². The molecule has 8 heavy (non-hydrogen) atoms. The maximum Gasteiger partial charge on any atom is 0.288 e. The molecule has 0 spiro atoms. The van der Waals surface area contributed by atoms with Crippen LogP contribution in [-0.4, -0.2) is 12.4 Å². The van der Waals surface area contributed by atoms with E-state index in [-0.39, 0.29) is 0 Å². The molecule has 0 aromatic heterocycles. The SMILES string of the molecule is [C-]#[N+]/C(C)=N/OCC. The Morgan fingerprint density at radius 3 is 2.88 bits per heavy atom. The van der Waals surface area contributed by atoms with Crippen LogP contribution in [0.5, 0.6) is 0 Å². The van der Waals surface area contributed by atoms with Crippen LogP contribution in [0.2, 0.25) is 0 Å². The van der Waals surface area contributed by atoms with Crippen LogP contribution in [0.15, 0.2) is 5.16 Å². The van der Waals surface area contributed by atoms with Crippen LogP contribution in [0.4, 0.5) is 0 Å². The summed E-state index contributed by atoms with van der Waals surface area (Å²) in [5.74, 6) is 0.340. The predicted octanol–water partition coefficient (Wildman–Crippen LogP) is 1.28. The quantitative estimate of drug-likeness (QED) is 0.228. The zero-order chi connectivity index (χ0) is 6.41. The van der Waals surface area contributed by atoms with E-state index in [9.17, 15) is 0 Å². The zero-order valence-corrected chi connectivity index (χ0v) is 5.01. The van der Waals surface area contributed by atoms with Gasteiger partial charge in [0.15, 0.2) is 0 Å². The predicted molar refractivity (Wildman–Crippen MR) is 31.3 cm³/mol. The number of nitrogens with zero attached hydrogens (tertiary/aromatic N) is 2. The normalized spacial score (nSPS) is 10.4. The van der Waals surface area contributed by atoms with Gasteiger partial charge in [-0.05, 0) is 13.8 Å². The average Bonchev–Trinajstić information content (AvgIpc) is 1.83. The van der Waals surface area contributed by atoms with Gasteiger partial charge in [0.25, 0.3) is 5.84 Å². The highest BCUT2D eigenvalue weighted by Crippen LogP contribution is 1.79. The Morgan fingerprint density at radius 1 is 1.88 bits per heavy atom. The molecule has 0 N–H and O–H groups in total. The minimum absolute atomic E-state index is 0.340. The van der Waals surface area contributed by atoms with E-state index in [0.29, 0.717) is 12.4 Å². The molecule has 0 radical (unpaired) electrons. The van der Waals surface area contributed by atoms with Crippen LogP contribution in [0.25, 0.3) is 4.85 Å². The molecule has 0 saturated carbocycles. The zero-order valence-electron chi connectivity index (χ0n) is 5.01. The largest absolute Gasteiger partial charge is 0.361 e. The van der Waals surface area contributed by atoms with Crippen LogP contribution in [0.1, 0.15) is 13.8 Å². The molecule has 3 heteroatoms. The topological polar surface area (TPSA) is 25.9 Å². The lowest BCUT2D eigenvalue weighted by Crippen LogP contribution is -1.84. The summed E-state index contributed by atoms with van der Waals surface area (Å²) in [6.07, 6.45) is 0. The fourth-order valence-electron chi connectivity index (χ4n) is 0.178. The second-order valence-electron chi connectivity index (χ2n) is 1.17. The second kappa shape index (κ2) is 4.13. The van der Waals surface area contributed by atoms with Crippen LogP contribution >= 0.6 is 0 Å². The van der Waals surface area contributed by atoms with E-state index in [1.54, 1.807) is 6.92 Å². The van der Waals surface area contributed by atoms with Crippen molar-refractivity contribution >= 4 is 5.84 Å². The third-order valence-electron chi connectivity index (χ3n) is 0.488. The van der Waals surface area contributed by atoms with Crippen LogP contribution < -0.4 is 0 Å². The standard InChI is InChI=1S/C5H8N2O/c1-4-8-7-5(2)6-3/h4H2,1-2H3/b7-5+. The highest BCUT2D eigenvalue weighted by atomic mass is 16.6. The monoisotopic (exact) mass is 112 g/mol. The molecule has 0 bridgehead atoms. The van der Waals surface area contributed by atoms with Gasteiger partial charge in [-0.25, -0.2) is 0 Å². The molecule has 0 aliphatic carbocycles. The fourth-order valence-corrected chi connectivity index (χ4v) is 0.178. The summed E-state index contributed by atoms with van der Waals surface area (Å²) >= 11 is 0. The van der Waals surface area contributed by atoms with Crippen molar-refractivity contribution in [1.82, 2.24) is 0 Å². The lowest BCUT2D eigenvalue weighted by molar-refractivity contribution is 0.159. The van der Waals surface area contributed by atoms with Gasteiger partial charge >= 0.3 is 0 Å². The van der Waals surface area contributed by atoms with E-state index in [2.05, 4.69) is 14.8 Å². The molecule has 0 saturated heterocycles. The molecule has 0 amide bonds. The Balaban J connectivity index is 3.46. The Labute approximate surface area is 48.8 Å². The third-order valence-corrected chi connectivity index (χ3v) is 0.488. The molecule has 0 aromatic carbocycles. The molecule has 0 aromatic rings. The van der Waals surface area contributed by atoms with E-state index < -0.39 is 0 Å². The Morgan fingerprint density at radius 2 is 2.50 bits per heavy atom. The van der Waals surface area contributed by atoms with Crippen LogP contribution in [-0.2, 0) is 4.84 Å². The van der Waals surface area contributed by atoms with Gasteiger partial charge in [-0.1, -0.05) is 6.57 Å². The van der Waals surface area contributed by atoms with Gasteiger partial charge in [-0.3, -0.25) is 0 Å². The number of hydrogen-bond acceptors (Lipinski definition) is 2. The molecule has 0 rings (SSSR count).